The number of hydrogen-bond acceptors (Lipinski definition) is 4. The van der Waals surface area contributed by atoms with Crippen LogP contribution < -0.4 is 0 Å². The molecule has 0 aliphatic heterocycles. The van der Waals surface area contributed by atoms with Gasteiger partial charge in [-0.05, 0) is 50.5 Å². The van der Waals surface area contributed by atoms with Crippen molar-refractivity contribution in [1.29, 1.82) is 0 Å². The molecule has 0 saturated heterocycles. The molecule has 0 bridgehead atoms. The van der Waals surface area contributed by atoms with Crippen molar-refractivity contribution in [2.75, 3.05) is 6.61 Å². The minimum Gasteiger partial charge on any atom is -0.462 e. The fourth-order valence-electron chi connectivity index (χ4n) is 2.66. The normalized spacial score (nSPS) is 11.8. The summed E-state index contributed by atoms with van der Waals surface area (Å²) in [5.74, 6) is -0.691. The quantitative estimate of drug-likeness (QED) is 0.322. The van der Waals surface area contributed by atoms with E-state index in [1.54, 1.807) is 24.3 Å². The lowest BCUT2D eigenvalue weighted by molar-refractivity contribution is 0.0318. The van der Waals surface area contributed by atoms with E-state index in [-0.39, 0.29) is 18.0 Å². The number of benzene rings is 1. The second-order valence-electron chi connectivity index (χ2n) is 6.84. The highest BCUT2D eigenvalue weighted by Gasteiger charge is 2.13. The topological polar surface area (TPSA) is 52.6 Å². The van der Waals surface area contributed by atoms with Gasteiger partial charge < -0.3 is 9.47 Å². The van der Waals surface area contributed by atoms with E-state index in [2.05, 4.69) is 6.92 Å². The van der Waals surface area contributed by atoms with E-state index in [1.165, 1.54) is 32.1 Å². The minimum absolute atomic E-state index is 0.0904. The van der Waals surface area contributed by atoms with Crippen molar-refractivity contribution in [3.05, 3.63) is 35.4 Å². The summed E-state index contributed by atoms with van der Waals surface area (Å²) in [4.78, 5) is 24.0. The molecular weight excluding hydrogens is 328 g/mol. The Labute approximate surface area is 158 Å². The fourth-order valence-corrected chi connectivity index (χ4v) is 2.66. The number of esters is 2. The Kier molecular flexibility index (Phi) is 11.4. The maximum atomic E-state index is 12.2. The van der Waals surface area contributed by atoms with Gasteiger partial charge in [-0.1, -0.05) is 52.4 Å². The second-order valence-corrected chi connectivity index (χ2v) is 6.84. The van der Waals surface area contributed by atoms with Gasteiger partial charge >= 0.3 is 11.9 Å². The summed E-state index contributed by atoms with van der Waals surface area (Å²) in [6, 6.07) is 6.47. The number of rotatable bonds is 13. The Bertz CT molecular complexity index is 521. The Morgan fingerprint density at radius 2 is 1.35 bits per heavy atom. The van der Waals surface area contributed by atoms with Crippen LogP contribution in [0.4, 0.5) is 0 Å². The van der Waals surface area contributed by atoms with Crippen LogP contribution in [0.15, 0.2) is 24.3 Å². The predicted octanol–water partition coefficient (Wildman–Crippen LogP) is 5.94. The molecule has 26 heavy (non-hydrogen) atoms. The molecule has 1 aromatic carbocycles. The fraction of sp³-hybridized carbons (Fsp3) is 0.636. The molecule has 0 amide bonds. The van der Waals surface area contributed by atoms with E-state index in [4.69, 9.17) is 9.47 Å². The number of ether oxygens (including phenoxy) is 2. The smallest absolute Gasteiger partial charge is 0.338 e. The molecule has 1 rings (SSSR count). The van der Waals surface area contributed by atoms with Crippen molar-refractivity contribution in [3.63, 3.8) is 0 Å². The Hall–Kier alpha value is -1.84. The van der Waals surface area contributed by atoms with Gasteiger partial charge in [0.25, 0.3) is 0 Å². The van der Waals surface area contributed by atoms with Crippen LogP contribution in [-0.2, 0) is 9.47 Å². The van der Waals surface area contributed by atoms with Crippen LogP contribution >= 0.6 is 0 Å². The van der Waals surface area contributed by atoms with Crippen LogP contribution in [0.25, 0.3) is 0 Å². The standard InChI is InChI=1S/C22H34O4/c1-4-6-8-9-10-11-12-18(3)26-22(24)20-15-13-19(14-16-20)21(23)25-17-7-5-2/h13-16,18H,4-12,17H2,1-3H3. The average molecular weight is 363 g/mol. The van der Waals surface area contributed by atoms with E-state index in [9.17, 15) is 9.59 Å². The van der Waals surface area contributed by atoms with Crippen molar-refractivity contribution < 1.29 is 19.1 Å². The third kappa shape index (κ3) is 9.02. The molecule has 4 nitrogen and oxygen atoms in total. The lowest BCUT2D eigenvalue weighted by Crippen LogP contribution is -2.15. The number of hydrogen-bond donors (Lipinski definition) is 0. The zero-order valence-electron chi connectivity index (χ0n) is 16.6. The van der Waals surface area contributed by atoms with Crippen LogP contribution in [0.2, 0.25) is 0 Å². The molecule has 4 heteroatoms. The van der Waals surface area contributed by atoms with Crippen molar-refractivity contribution in [3.8, 4) is 0 Å². The molecule has 0 radical (unpaired) electrons. The highest BCUT2D eigenvalue weighted by molar-refractivity contribution is 5.93. The van der Waals surface area contributed by atoms with E-state index < -0.39 is 0 Å². The third-order valence-corrected chi connectivity index (χ3v) is 4.36. The van der Waals surface area contributed by atoms with Gasteiger partial charge in [0.2, 0.25) is 0 Å². The molecule has 1 unspecified atom stereocenters. The highest BCUT2D eigenvalue weighted by Crippen LogP contribution is 2.13. The summed E-state index contributed by atoms with van der Waals surface area (Å²) in [5.41, 5.74) is 0.919. The van der Waals surface area contributed by atoms with Gasteiger partial charge in [0.05, 0.1) is 23.8 Å². The Morgan fingerprint density at radius 3 is 1.96 bits per heavy atom. The average Bonchev–Trinajstić information content (AvgIpc) is 2.64. The van der Waals surface area contributed by atoms with Crippen LogP contribution in [0.3, 0.4) is 0 Å². The molecule has 0 aliphatic rings. The van der Waals surface area contributed by atoms with Gasteiger partial charge in [0.15, 0.2) is 0 Å². The highest BCUT2D eigenvalue weighted by atomic mass is 16.5. The first-order chi connectivity index (χ1) is 12.6. The summed E-state index contributed by atoms with van der Waals surface area (Å²) in [5, 5.41) is 0. The molecule has 0 aromatic heterocycles. The number of carbonyl (C=O) groups excluding carboxylic acids is 2. The van der Waals surface area contributed by atoms with Gasteiger partial charge in [-0.2, -0.15) is 0 Å². The van der Waals surface area contributed by atoms with Gasteiger partial charge in [0, 0.05) is 0 Å². The molecule has 146 valence electrons. The van der Waals surface area contributed by atoms with E-state index in [0.717, 1.165) is 25.7 Å². The molecule has 0 N–H and O–H groups in total. The lowest BCUT2D eigenvalue weighted by atomic mass is 10.1. The largest absolute Gasteiger partial charge is 0.462 e. The SMILES string of the molecule is CCCCCCCCC(C)OC(=O)c1ccc(C(=O)OCCCC)cc1. The van der Waals surface area contributed by atoms with Crippen LogP contribution in [0.1, 0.15) is 99.3 Å². The zero-order valence-corrected chi connectivity index (χ0v) is 16.6. The Balaban J connectivity index is 2.34. The van der Waals surface area contributed by atoms with Crippen molar-refractivity contribution >= 4 is 11.9 Å². The van der Waals surface area contributed by atoms with E-state index in [0.29, 0.717) is 17.7 Å². The van der Waals surface area contributed by atoms with E-state index >= 15 is 0 Å². The molecule has 1 atom stereocenters. The molecule has 0 saturated carbocycles. The first-order valence-corrected chi connectivity index (χ1v) is 10.1. The summed E-state index contributed by atoms with van der Waals surface area (Å²) in [6.07, 6.45) is 10.0. The molecule has 0 fully saturated rings. The first-order valence-electron chi connectivity index (χ1n) is 10.1. The van der Waals surface area contributed by atoms with Gasteiger partial charge in [-0.25, -0.2) is 9.59 Å². The molecule has 0 heterocycles. The van der Waals surface area contributed by atoms with E-state index in [1.807, 2.05) is 13.8 Å². The summed E-state index contributed by atoms with van der Waals surface area (Å²) in [7, 11) is 0. The molecular formula is C22H34O4. The molecule has 0 spiro atoms. The summed E-state index contributed by atoms with van der Waals surface area (Å²) < 4.78 is 10.6. The monoisotopic (exact) mass is 362 g/mol. The zero-order chi connectivity index (χ0) is 19.2. The minimum atomic E-state index is -0.352. The maximum absolute atomic E-state index is 12.2. The Morgan fingerprint density at radius 1 is 0.808 bits per heavy atom. The number of carbonyl (C=O) groups is 2. The molecule has 0 aliphatic carbocycles. The maximum Gasteiger partial charge on any atom is 0.338 e. The van der Waals surface area contributed by atoms with Crippen molar-refractivity contribution in [1.82, 2.24) is 0 Å². The predicted molar refractivity (Wildman–Crippen MR) is 105 cm³/mol. The summed E-state index contributed by atoms with van der Waals surface area (Å²) in [6.45, 7) is 6.61. The first kappa shape index (κ1) is 22.2. The van der Waals surface area contributed by atoms with Crippen LogP contribution in [0, 0.1) is 0 Å². The van der Waals surface area contributed by atoms with Gasteiger partial charge in [-0.15, -0.1) is 0 Å². The van der Waals surface area contributed by atoms with Crippen molar-refractivity contribution in [2.45, 2.75) is 84.7 Å². The second kappa shape index (κ2) is 13.4. The van der Waals surface area contributed by atoms with Crippen LogP contribution in [0.5, 0.6) is 0 Å². The number of unbranched alkanes of at least 4 members (excludes halogenated alkanes) is 6. The molecule has 1 aromatic rings. The lowest BCUT2D eigenvalue weighted by Gasteiger charge is -2.13. The van der Waals surface area contributed by atoms with Gasteiger partial charge in [0.1, 0.15) is 0 Å². The van der Waals surface area contributed by atoms with Gasteiger partial charge in [-0.3, -0.25) is 0 Å². The third-order valence-electron chi connectivity index (χ3n) is 4.36. The van der Waals surface area contributed by atoms with Crippen molar-refractivity contribution in [2.24, 2.45) is 0 Å². The van der Waals surface area contributed by atoms with Crippen LogP contribution in [-0.4, -0.2) is 24.6 Å². The summed E-state index contributed by atoms with van der Waals surface area (Å²) >= 11 is 0.